The summed E-state index contributed by atoms with van der Waals surface area (Å²) in [6.45, 7) is 5.70. The van der Waals surface area contributed by atoms with Crippen molar-refractivity contribution in [2.75, 3.05) is 12.4 Å². The largest absolute Gasteiger partial charge is 0.497 e. The highest BCUT2D eigenvalue weighted by molar-refractivity contribution is 7.07. The fourth-order valence-electron chi connectivity index (χ4n) is 4.41. The monoisotopic (exact) mass is 513 g/mol. The minimum atomic E-state index is -0.650. The maximum Gasteiger partial charge on any atom is 0.271 e. The molecule has 0 spiro atoms. The van der Waals surface area contributed by atoms with Crippen LogP contribution < -0.4 is 24.9 Å². The first-order valence-corrected chi connectivity index (χ1v) is 12.6. The van der Waals surface area contributed by atoms with Crippen molar-refractivity contribution in [3.05, 3.63) is 108 Å². The van der Waals surface area contributed by atoms with Gasteiger partial charge in [0.1, 0.15) is 5.75 Å². The molecular weight excluding hydrogens is 486 g/mol. The van der Waals surface area contributed by atoms with Crippen molar-refractivity contribution in [2.24, 2.45) is 12.0 Å². The molecule has 1 N–H and O–H groups in total. The van der Waals surface area contributed by atoms with E-state index in [4.69, 9.17) is 9.73 Å². The normalized spacial score (nSPS) is 15.4. The summed E-state index contributed by atoms with van der Waals surface area (Å²) in [6.07, 6.45) is 3.57. The molecule has 188 valence electrons. The Bertz CT molecular complexity index is 1720. The number of hydrogen-bond donors (Lipinski definition) is 1. The minimum Gasteiger partial charge on any atom is -0.497 e. The molecule has 1 aliphatic heterocycles. The van der Waals surface area contributed by atoms with Crippen molar-refractivity contribution in [2.45, 2.75) is 26.8 Å². The lowest BCUT2D eigenvalue weighted by Crippen LogP contribution is -2.40. The fraction of sp³-hybridized carbons (Fsp3) is 0.214. The third kappa shape index (κ3) is 4.42. The number of methoxy groups -OCH3 is 1. The summed E-state index contributed by atoms with van der Waals surface area (Å²) in [7, 11) is 3.46. The molecule has 0 aliphatic carbocycles. The van der Waals surface area contributed by atoms with Gasteiger partial charge in [0, 0.05) is 24.0 Å². The van der Waals surface area contributed by atoms with Crippen molar-refractivity contribution in [3.63, 3.8) is 0 Å². The molecule has 1 atom stereocenters. The Hall–Kier alpha value is -4.24. The highest BCUT2D eigenvalue weighted by atomic mass is 32.1. The van der Waals surface area contributed by atoms with Crippen molar-refractivity contribution in [3.8, 4) is 5.75 Å². The maximum atomic E-state index is 13.8. The maximum absolute atomic E-state index is 13.8. The highest BCUT2D eigenvalue weighted by Gasteiger charge is 2.32. The molecule has 0 saturated carbocycles. The van der Waals surface area contributed by atoms with Crippen LogP contribution in [-0.4, -0.2) is 27.4 Å². The van der Waals surface area contributed by atoms with E-state index < -0.39 is 6.04 Å². The molecule has 0 bridgehead atoms. The minimum absolute atomic E-state index is 0.207. The van der Waals surface area contributed by atoms with Crippen molar-refractivity contribution in [1.29, 1.82) is 0 Å². The average Bonchev–Trinajstić information content (AvgIpc) is 3.37. The Labute approximate surface area is 217 Å². The summed E-state index contributed by atoms with van der Waals surface area (Å²) in [5.41, 5.74) is 5.04. The molecule has 1 aliphatic rings. The van der Waals surface area contributed by atoms with Crippen LogP contribution in [-0.2, 0) is 11.8 Å². The summed E-state index contributed by atoms with van der Waals surface area (Å²) < 4.78 is 9.24. The van der Waals surface area contributed by atoms with E-state index in [9.17, 15) is 9.59 Å². The quantitative estimate of drug-likeness (QED) is 0.444. The van der Waals surface area contributed by atoms with Crippen LogP contribution in [0.2, 0.25) is 0 Å². The van der Waals surface area contributed by atoms with Crippen molar-refractivity contribution >= 4 is 29.0 Å². The molecule has 9 heteroatoms. The molecule has 0 saturated heterocycles. The molecule has 5 rings (SSSR count). The van der Waals surface area contributed by atoms with E-state index in [1.165, 1.54) is 11.3 Å². The molecule has 37 heavy (non-hydrogen) atoms. The van der Waals surface area contributed by atoms with Gasteiger partial charge in [-0.2, -0.15) is 5.10 Å². The molecule has 3 heterocycles. The number of ether oxygens (including phenoxy) is 1. The van der Waals surface area contributed by atoms with Crippen molar-refractivity contribution < 1.29 is 9.53 Å². The number of anilines is 1. The van der Waals surface area contributed by atoms with Crippen LogP contribution in [0.3, 0.4) is 0 Å². The SMILES string of the molecule is COc1ccc(C2C(C(=O)Nc3ccccc3C)=C(C)N=c3s/c(=C\c4cnn(C)c4C)c(=O)n32)cc1. The number of carbonyl (C=O) groups is 1. The fourth-order valence-corrected chi connectivity index (χ4v) is 5.45. The Morgan fingerprint density at radius 3 is 2.49 bits per heavy atom. The highest BCUT2D eigenvalue weighted by Crippen LogP contribution is 2.32. The number of thiazole rings is 1. The second-order valence-corrected chi connectivity index (χ2v) is 9.94. The zero-order valence-corrected chi connectivity index (χ0v) is 22.1. The number of fused-ring (bicyclic) bond motifs is 1. The number of rotatable bonds is 5. The van der Waals surface area contributed by atoms with Crippen LogP contribution in [0, 0.1) is 13.8 Å². The molecule has 1 amide bonds. The van der Waals surface area contributed by atoms with Gasteiger partial charge in [-0.3, -0.25) is 18.8 Å². The van der Waals surface area contributed by atoms with Gasteiger partial charge in [-0.25, -0.2) is 4.99 Å². The standard InChI is InChI=1S/C28H27N5O3S/c1-16-8-6-7-9-22(16)31-26(34)24-17(2)30-28-33(25(24)19-10-12-21(36-5)13-11-19)27(35)23(37-28)14-20-15-29-32(4)18(20)3/h6-15,25H,1-5H3,(H,31,34)/b23-14-. The number of benzene rings is 2. The van der Waals surface area contributed by atoms with Gasteiger partial charge >= 0.3 is 0 Å². The number of carbonyl (C=O) groups excluding carboxylic acids is 1. The van der Waals surface area contributed by atoms with E-state index in [-0.39, 0.29) is 11.5 Å². The molecule has 4 aromatic rings. The molecule has 2 aromatic heterocycles. The number of aryl methyl sites for hydroxylation is 2. The first kappa shape index (κ1) is 24.5. The predicted octanol–water partition coefficient (Wildman–Crippen LogP) is 3.23. The first-order chi connectivity index (χ1) is 17.8. The number of aromatic nitrogens is 3. The van der Waals surface area contributed by atoms with Crippen LogP contribution in [0.1, 0.15) is 35.3 Å². The molecule has 2 aromatic carbocycles. The van der Waals surface area contributed by atoms with E-state index in [2.05, 4.69) is 10.4 Å². The number of hydrogen-bond acceptors (Lipinski definition) is 6. The van der Waals surface area contributed by atoms with Gasteiger partial charge < -0.3 is 10.1 Å². The summed E-state index contributed by atoms with van der Waals surface area (Å²) >= 11 is 1.31. The number of nitrogens with zero attached hydrogens (tertiary/aromatic N) is 4. The first-order valence-electron chi connectivity index (χ1n) is 11.8. The third-order valence-electron chi connectivity index (χ3n) is 6.65. The van der Waals surface area contributed by atoms with Gasteiger partial charge in [0.25, 0.3) is 11.5 Å². The Morgan fingerprint density at radius 1 is 1.11 bits per heavy atom. The van der Waals surface area contributed by atoms with Gasteiger partial charge in [0.2, 0.25) is 0 Å². The van der Waals surface area contributed by atoms with Gasteiger partial charge in [0.15, 0.2) is 4.80 Å². The molecule has 1 unspecified atom stereocenters. The second-order valence-electron chi connectivity index (χ2n) is 8.93. The number of allylic oxidation sites excluding steroid dienone is 1. The summed E-state index contributed by atoms with van der Waals surface area (Å²) in [5.74, 6) is 0.392. The van der Waals surface area contributed by atoms with Gasteiger partial charge in [0.05, 0.1) is 35.2 Å². The van der Waals surface area contributed by atoms with Crippen molar-refractivity contribution in [1.82, 2.24) is 14.3 Å². The lowest BCUT2D eigenvalue weighted by molar-refractivity contribution is -0.113. The van der Waals surface area contributed by atoms with Crippen LogP contribution in [0.5, 0.6) is 5.75 Å². The van der Waals surface area contributed by atoms with E-state index in [1.807, 2.05) is 82.4 Å². The summed E-state index contributed by atoms with van der Waals surface area (Å²) in [5, 5.41) is 7.31. The Morgan fingerprint density at radius 2 is 1.84 bits per heavy atom. The van der Waals surface area contributed by atoms with Gasteiger partial charge in [-0.05, 0) is 56.2 Å². The Balaban J connectivity index is 1.68. The van der Waals surface area contributed by atoms with Crippen LogP contribution in [0.25, 0.3) is 6.08 Å². The molecule has 0 radical (unpaired) electrons. The molecule has 0 fully saturated rings. The van der Waals surface area contributed by atoms with Crippen LogP contribution >= 0.6 is 11.3 Å². The van der Waals surface area contributed by atoms with E-state index >= 15 is 0 Å². The van der Waals surface area contributed by atoms with Crippen LogP contribution in [0.4, 0.5) is 5.69 Å². The smallest absolute Gasteiger partial charge is 0.271 e. The molecular formula is C28H27N5O3S. The summed E-state index contributed by atoms with van der Waals surface area (Å²) in [4.78, 5) is 32.8. The zero-order chi connectivity index (χ0) is 26.3. The summed E-state index contributed by atoms with van der Waals surface area (Å²) in [6, 6.07) is 14.4. The van der Waals surface area contributed by atoms with E-state index in [1.54, 1.807) is 22.6 Å². The van der Waals surface area contributed by atoms with Gasteiger partial charge in [-0.1, -0.05) is 41.7 Å². The average molecular weight is 514 g/mol. The second kappa shape index (κ2) is 9.67. The topological polar surface area (TPSA) is 90.5 Å². The van der Waals surface area contributed by atoms with Gasteiger partial charge in [-0.15, -0.1) is 0 Å². The van der Waals surface area contributed by atoms with E-state index in [0.29, 0.717) is 32.0 Å². The zero-order valence-electron chi connectivity index (χ0n) is 21.3. The number of nitrogens with one attached hydrogen (secondary N) is 1. The lowest BCUT2D eigenvalue weighted by Gasteiger charge is -2.25. The molecule has 8 nitrogen and oxygen atoms in total. The van der Waals surface area contributed by atoms with Crippen LogP contribution in [0.15, 0.2) is 75.8 Å². The number of para-hydroxylation sites is 1. The lowest BCUT2D eigenvalue weighted by atomic mass is 9.95. The third-order valence-corrected chi connectivity index (χ3v) is 7.63. The van der Waals surface area contributed by atoms with E-state index in [0.717, 1.165) is 22.4 Å². The number of amides is 1. The predicted molar refractivity (Wildman–Crippen MR) is 145 cm³/mol. The Kier molecular flexibility index (Phi) is 6.39.